The minimum atomic E-state index is -2.37. The van der Waals surface area contributed by atoms with Crippen molar-refractivity contribution in [2.45, 2.75) is 117 Å². The molecular weight excluding hydrogens is 825 g/mol. The van der Waals surface area contributed by atoms with Crippen LogP contribution in [0.3, 0.4) is 0 Å². The second-order valence-electron chi connectivity index (χ2n) is 19.1. The van der Waals surface area contributed by atoms with Crippen LogP contribution >= 0.6 is 0 Å². The van der Waals surface area contributed by atoms with Crippen molar-refractivity contribution in [3.63, 3.8) is 0 Å². The molecule has 0 saturated carbocycles. The number of anilines is 2. The quantitative estimate of drug-likeness (QED) is 0.110. The zero-order valence-corrected chi connectivity index (χ0v) is 42.4. The van der Waals surface area contributed by atoms with Gasteiger partial charge in [0.2, 0.25) is 0 Å². The number of carbonyl (C=O) groups is 2. The second-order valence-corrected chi connectivity index (χ2v) is 44.4. The molecule has 57 heavy (non-hydrogen) atoms. The SMILES string of the molecule is C[Si](C)(C)O[Si](C)(C)O[Si](C)(C)CCCN1C(=O)C2=C(c3ccc(-c4ccc(N)o4)o3)N(CCC[Si](C)(C)O[Si](C)(C)O[Si](C)(C)C)C(=O)C2=C1c1ccc(N)o1. The van der Waals surface area contributed by atoms with Crippen molar-refractivity contribution in [3.8, 4) is 11.5 Å². The zero-order valence-electron chi connectivity index (χ0n) is 36.4. The summed E-state index contributed by atoms with van der Waals surface area (Å²) in [7, 11) is -12.8. The highest BCUT2D eigenvalue weighted by atomic mass is 28.5. The molecule has 5 heterocycles. The van der Waals surface area contributed by atoms with Crippen LogP contribution in [-0.2, 0) is 26.0 Å². The molecule has 2 aliphatic heterocycles. The summed E-state index contributed by atoms with van der Waals surface area (Å²) in [6.07, 6.45) is 1.30. The van der Waals surface area contributed by atoms with E-state index in [4.69, 9.17) is 41.2 Å². The van der Waals surface area contributed by atoms with Gasteiger partial charge in [-0.15, -0.1) is 0 Å². The molecule has 0 bridgehead atoms. The summed E-state index contributed by atoms with van der Waals surface area (Å²) in [6.45, 7) is 31.0. The summed E-state index contributed by atoms with van der Waals surface area (Å²) in [5.74, 6) is 1.43. The summed E-state index contributed by atoms with van der Waals surface area (Å²) in [4.78, 5) is 33.0. The lowest BCUT2D eigenvalue weighted by Gasteiger charge is -2.37. The third kappa shape index (κ3) is 11.4. The Kier molecular flexibility index (Phi) is 12.8. The molecule has 19 heteroatoms. The Bertz CT molecular complexity index is 2030. The van der Waals surface area contributed by atoms with Crippen molar-refractivity contribution in [1.29, 1.82) is 0 Å². The molecule has 0 radical (unpaired) electrons. The van der Waals surface area contributed by atoms with E-state index in [9.17, 15) is 9.59 Å². The zero-order chi connectivity index (χ0) is 42.5. The van der Waals surface area contributed by atoms with Crippen LogP contribution in [0.5, 0.6) is 0 Å². The van der Waals surface area contributed by atoms with Crippen molar-refractivity contribution in [2.24, 2.45) is 0 Å². The van der Waals surface area contributed by atoms with E-state index in [1.54, 1.807) is 46.2 Å². The van der Waals surface area contributed by atoms with E-state index < -0.39 is 50.4 Å². The van der Waals surface area contributed by atoms with E-state index in [0.29, 0.717) is 60.4 Å². The maximum absolute atomic E-state index is 14.8. The Hall–Kier alpha value is -3.00. The first kappa shape index (κ1) is 45.1. The van der Waals surface area contributed by atoms with Gasteiger partial charge in [-0.2, -0.15) is 0 Å². The van der Waals surface area contributed by atoms with Crippen LogP contribution in [-0.4, -0.2) is 85.1 Å². The fraction of sp³-hybridized carbons (Fsp3) is 0.526. The Morgan fingerprint density at radius 2 is 0.825 bits per heavy atom. The number of hydrogen-bond acceptors (Lipinski definition) is 11. The van der Waals surface area contributed by atoms with Gasteiger partial charge in [-0.3, -0.25) is 9.59 Å². The van der Waals surface area contributed by atoms with Gasteiger partial charge in [-0.25, -0.2) is 0 Å². The van der Waals surface area contributed by atoms with E-state index in [1.807, 2.05) is 0 Å². The monoisotopic (exact) mass is 888 g/mol. The lowest BCUT2D eigenvalue weighted by molar-refractivity contribution is -0.124. The van der Waals surface area contributed by atoms with E-state index in [0.717, 1.165) is 12.1 Å². The molecular formula is C38H64N4O9Si6. The van der Waals surface area contributed by atoms with Crippen molar-refractivity contribution in [3.05, 3.63) is 59.1 Å². The van der Waals surface area contributed by atoms with Crippen molar-refractivity contribution >= 4 is 85.4 Å². The lowest BCUT2D eigenvalue weighted by Crippen LogP contribution is -2.51. The third-order valence-corrected chi connectivity index (χ3v) is 29.5. The number of nitrogens with zero attached hydrogens (tertiary/aromatic N) is 2. The van der Waals surface area contributed by atoms with Crippen LogP contribution in [0.15, 0.2) is 60.8 Å². The molecule has 4 N–H and O–H groups in total. The van der Waals surface area contributed by atoms with Gasteiger partial charge in [0.1, 0.15) is 11.4 Å². The number of hydrogen-bond donors (Lipinski definition) is 2. The predicted molar refractivity (Wildman–Crippen MR) is 241 cm³/mol. The normalized spacial score (nSPS) is 16.2. The molecule has 0 spiro atoms. The Labute approximate surface area is 344 Å². The summed E-state index contributed by atoms with van der Waals surface area (Å²) in [5.41, 5.74) is 13.3. The van der Waals surface area contributed by atoms with Crippen LogP contribution in [0.4, 0.5) is 11.8 Å². The van der Waals surface area contributed by atoms with E-state index >= 15 is 0 Å². The first-order valence-electron chi connectivity index (χ1n) is 19.8. The fourth-order valence-electron chi connectivity index (χ4n) is 8.17. The second kappa shape index (κ2) is 16.2. The number of furan rings is 3. The van der Waals surface area contributed by atoms with Gasteiger partial charge in [0.15, 0.2) is 68.1 Å². The topological polar surface area (TPSA) is 169 Å². The number of amides is 2. The molecule has 0 fully saturated rings. The minimum Gasteiger partial charge on any atom is -0.451 e. The Balaban J connectivity index is 1.48. The molecule has 0 unspecified atom stereocenters. The van der Waals surface area contributed by atoms with Crippen LogP contribution in [0, 0.1) is 0 Å². The van der Waals surface area contributed by atoms with Crippen LogP contribution in [0.1, 0.15) is 24.4 Å². The van der Waals surface area contributed by atoms with E-state index in [-0.39, 0.29) is 34.7 Å². The summed E-state index contributed by atoms with van der Waals surface area (Å²) in [6, 6.07) is 11.8. The summed E-state index contributed by atoms with van der Waals surface area (Å²) >= 11 is 0. The molecule has 3 aromatic rings. The highest BCUT2D eigenvalue weighted by Crippen LogP contribution is 2.48. The van der Waals surface area contributed by atoms with Crippen LogP contribution in [0.2, 0.25) is 104 Å². The molecule has 2 amide bonds. The molecule has 314 valence electrons. The highest BCUT2D eigenvalue weighted by molar-refractivity contribution is 6.88. The average Bonchev–Trinajstić information content (AvgIpc) is 3.83. The van der Waals surface area contributed by atoms with Gasteiger partial charge in [0, 0.05) is 25.2 Å². The van der Waals surface area contributed by atoms with Crippen molar-refractivity contribution in [1.82, 2.24) is 9.80 Å². The predicted octanol–water partition coefficient (Wildman–Crippen LogP) is 9.43. The summed E-state index contributed by atoms with van der Waals surface area (Å²) < 4.78 is 44.5. The highest BCUT2D eigenvalue weighted by Gasteiger charge is 2.51. The number of rotatable bonds is 19. The van der Waals surface area contributed by atoms with Gasteiger partial charge in [-0.1, -0.05) is 0 Å². The van der Waals surface area contributed by atoms with Gasteiger partial charge in [0.25, 0.3) is 11.8 Å². The molecule has 0 atom stereocenters. The molecule has 0 aliphatic carbocycles. The first-order chi connectivity index (χ1) is 26.1. The summed E-state index contributed by atoms with van der Waals surface area (Å²) in [5, 5.41) is 0. The van der Waals surface area contributed by atoms with Gasteiger partial charge >= 0.3 is 17.1 Å². The molecule has 5 rings (SSSR count). The molecule has 2 aliphatic rings. The smallest absolute Gasteiger partial charge is 0.311 e. The Morgan fingerprint density at radius 3 is 1.19 bits per heavy atom. The standard InChI is InChI=1S/C38H64N4O9Si6/c1-52(2,3)48-56(11,12)50-54(7,8)25-15-23-41-35(29-18-17-27(45-29)28-19-21-31(39)46-28)33-34(38(41)44)36(30-20-22-32(40)47-30)42(37(33)43)24-16-26-55(9,10)51-57(13,14)49-53(4,5)6/h17-22H,15-16,23-26,39-40H2,1-14H3. The number of nitrogen functional groups attached to an aromatic ring is 2. The van der Waals surface area contributed by atoms with Crippen LogP contribution in [0.25, 0.3) is 22.9 Å². The molecule has 0 saturated heterocycles. The van der Waals surface area contributed by atoms with E-state index in [1.165, 1.54) is 0 Å². The van der Waals surface area contributed by atoms with Gasteiger partial charge < -0.3 is 51.0 Å². The Morgan fingerprint density at radius 1 is 0.491 bits per heavy atom. The van der Waals surface area contributed by atoms with E-state index in [2.05, 4.69) is 91.7 Å². The molecule has 0 aromatic carbocycles. The molecule has 13 nitrogen and oxygen atoms in total. The third-order valence-electron chi connectivity index (χ3n) is 9.22. The number of fused-ring (bicyclic) bond motifs is 1. The van der Waals surface area contributed by atoms with Crippen LogP contribution < -0.4 is 11.5 Å². The van der Waals surface area contributed by atoms with Gasteiger partial charge in [0.05, 0.1) is 11.1 Å². The van der Waals surface area contributed by atoms with Gasteiger partial charge in [-0.05, 0) is 141 Å². The minimum absolute atomic E-state index is 0.187. The largest absolute Gasteiger partial charge is 0.451 e. The fourth-order valence-corrected chi connectivity index (χ4v) is 34.5. The number of carbonyl (C=O) groups excluding carboxylic acids is 2. The average molecular weight is 889 g/mol. The maximum Gasteiger partial charge on any atom is 0.311 e. The van der Waals surface area contributed by atoms with Crippen molar-refractivity contribution in [2.75, 3.05) is 24.6 Å². The van der Waals surface area contributed by atoms with Crippen molar-refractivity contribution < 1.29 is 39.3 Å². The molecule has 3 aromatic heterocycles. The first-order valence-corrected chi connectivity index (χ1v) is 38.5. The maximum atomic E-state index is 14.8. The number of nitrogens with two attached hydrogens (primary N) is 2. The lowest BCUT2D eigenvalue weighted by atomic mass is 10.1.